The van der Waals surface area contributed by atoms with Gasteiger partial charge < -0.3 is 9.09 Å². The summed E-state index contributed by atoms with van der Waals surface area (Å²) in [6, 6.07) is 2.18. The second-order valence-electron chi connectivity index (χ2n) is 8.01. The average Bonchev–Trinajstić information content (AvgIpc) is 3.20. The van der Waals surface area contributed by atoms with Crippen molar-refractivity contribution in [2.75, 3.05) is 18.8 Å². The van der Waals surface area contributed by atoms with E-state index in [1.165, 1.54) is 5.56 Å². The number of aromatic nitrogens is 3. The van der Waals surface area contributed by atoms with Gasteiger partial charge in [0.05, 0.1) is 11.4 Å². The van der Waals surface area contributed by atoms with Crippen LogP contribution in [0.25, 0.3) is 22.2 Å². The first kappa shape index (κ1) is 20.1. The number of piperidine rings is 1. The highest BCUT2D eigenvalue weighted by Gasteiger charge is 2.27. The van der Waals surface area contributed by atoms with E-state index in [-0.39, 0.29) is 5.75 Å². The normalized spacial score (nSPS) is 16.7. The molecule has 29 heavy (non-hydrogen) atoms. The Morgan fingerprint density at radius 3 is 2.59 bits per heavy atom. The van der Waals surface area contributed by atoms with Crippen LogP contribution in [-0.4, -0.2) is 46.3 Å². The van der Waals surface area contributed by atoms with Crippen LogP contribution in [0.3, 0.4) is 0 Å². The summed E-state index contributed by atoms with van der Waals surface area (Å²) in [4.78, 5) is 4.69. The number of nitrogens with zero attached hydrogens (tertiary/aromatic N) is 4. The molecule has 1 aliphatic heterocycles. The first-order chi connectivity index (χ1) is 13.8. The molecule has 1 fully saturated rings. The van der Waals surface area contributed by atoms with Crippen molar-refractivity contribution in [2.24, 2.45) is 13.0 Å². The molecule has 0 radical (unpaired) electrons. The Hall–Kier alpha value is -2.19. The molecule has 0 saturated carbocycles. The molecule has 0 atom stereocenters. The summed E-state index contributed by atoms with van der Waals surface area (Å²) in [6.45, 7) is 6.81. The summed E-state index contributed by atoms with van der Waals surface area (Å²) < 4.78 is 33.2. The fraction of sp³-hybridized carbons (Fsp3) is 0.524. The lowest BCUT2D eigenvalue weighted by Gasteiger charge is -2.30. The van der Waals surface area contributed by atoms with E-state index in [9.17, 15) is 8.42 Å². The first-order valence-electron chi connectivity index (χ1n) is 10.1. The Labute approximate surface area is 171 Å². The highest BCUT2D eigenvalue weighted by molar-refractivity contribution is 7.89. The van der Waals surface area contributed by atoms with Crippen LogP contribution in [0.1, 0.15) is 36.8 Å². The highest BCUT2D eigenvalue weighted by Crippen LogP contribution is 2.32. The Bertz CT molecular complexity index is 1120. The van der Waals surface area contributed by atoms with Gasteiger partial charge in [0.2, 0.25) is 10.0 Å². The van der Waals surface area contributed by atoms with Gasteiger partial charge in [-0.15, -0.1) is 0 Å². The van der Waals surface area contributed by atoms with Crippen molar-refractivity contribution >= 4 is 21.1 Å². The fourth-order valence-electron chi connectivity index (χ4n) is 4.42. The minimum absolute atomic E-state index is 0.178. The number of sulfonamides is 1. The van der Waals surface area contributed by atoms with Gasteiger partial charge in [0, 0.05) is 49.0 Å². The number of pyridine rings is 1. The fourth-order valence-corrected chi connectivity index (χ4v) is 5.55. The molecule has 1 aliphatic rings. The molecule has 7 nitrogen and oxygen atoms in total. The van der Waals surface area contributed by atoms with Gasteiger partial charge in [0.25, 0.3) is 0 Å². The van der Waals surface area contributed by atoms with E-state index < -0.39 is 10.0 Å². The van der Waals surface area contributed by atoms with Crippen molar-refractivity contribution in [3.63, 3.8) is 0 Å². The molecule has 4 heterocycles. The van der Waals surface area contributed by atoms with Crippen LogP contribution >= 0.6 is 0 Å². The van der Waals surface area contributed by atoms with E-state index in [4.69, 9.17) is 9.51 Å². The molecular formula is C21H28N4O3S. The van der Waals surface area contributed by atoms with Gasteiger partial charge in [-0.3, -0.25) is 0 Å². The van der Waals surface area contributed by atoms with E-state index in [1.807, 2.05) is 27.1 Å². The van der Waals surface area contributed by atoms with Crippen molar-refractivity contribution in [1.29, 1.82) is 0 Å². The highest BCUT2D eigenvalue weighted by atomic mass is 32.2. The molecule has 0 spiro atoms. The van der Waals surface area contributed by atoms with Crippen LogP contribution in [0.15, 0.2) is 23.0 Å². The van der Waals surface area contributed by atoms with Crippen LogP contribution in [0, 0.1) is 19.8 Å². The number of rotatable bonds is 5. The summed E-state index contributed by atoms with van der Waals surface area (Å²) in [5, 5.41) is 5.21. The molecule has 0 amide bonds. The number of hydrogen-bond donors (Lipinski definition) is 0. The number of aryl methyl sites for hydroxylation is 3. The van der Waals surface area contributed by atoms with Crippen molar-refractivity contribution < 1.29 is 12.9 Å². The van der Waals surface area contributed by atoms with Crippen molar-refractivity contribution in [3.05, 3.63) is 35.5 Å². The lowest BCUT2D eigenvalue weighted by molar-refractivity contribution is 0.273. The molecule has 0 aliphatic carbocycles. The molecule has 0 bridgehead atoms. The monoisotopic (exact) mass is 416 g/mol. The Kier molecular flexibility index (Phi) is 5.25. The third-order valence-corrected chi connectivity index (χ3v) is 7.94. The summed E-state index contributed by atoms with van der Waals surface area (Å²) >= 11 is 0. The molecule has 3 aromatic rings. The molecular weight excluding hydrogens is 388 g/mol. The van der Waals surface area contributed by atoms with E-state index in [0.717, 1.165) is 52.9 Å². The minimum Gasteiger partial charge on any atom is -0.361 e. The summed E-state index contributed by atoms with van der Waals surface area (Å²) in [5.74, 6) is 1.45. The molecule has 3 aromatic heterocycles. The third-order valence-electron chi connectivity index (χ3n) is 6.06. The Morgan fingerprint density at radius 2 is 1.97 bits per heavy atom. The van der Waals surface area contributed by atoms with E-state index in [2.05, 4.69) is 22.0 Å². The average molecular weight is 417 g/mol. The molecule has 0 N–H and O–H groups in total. The maximum Gasteiger partial charge on any atom is 0.213 e. The van der Waals surface area contributed by atoms with E-state index >= 15 is 0 Å². The third kappa shape index (κ3) is 3.71. The number of hydrogen-bond acceptors (Lipinski definition) is 5. The molecule has 156 valence electrons. The van der Waals surface area contributed by atoms with Crippen LogP contribution in [0.5, 0.6) is 0 Å². The molecule has 0 aromatic carbocycles. The smallest absolute Gasteiger partial charge is 0.213 e. The zero-order valence-electron chi connectivity index (χ0n) is 17.5. The van der Waals surface area contributed by atoms with E-state index in [0.29, 0.717) is 19.0 Å². The molecule has 8 heteroatoms. The summed E-state index contributed by atoms with van der Waals surface area (Å²) in [6.07, 6.45) is 6.76. The zero-order chi connectivity index (χ0) is 20.8. The largest absolute Gasteiger partial charge is 0.361 e. The maximum absolute atomic E-state index is 12.1. The predicted octanol–water partition coefficient (Wildman–Crippen LogP) is 3.45. The van der Waals surface area contributed by atoms with Crippen LogP contribution in [0.2, 0.25) is 0 Å². The summed E-state index contributed by atoms with van der Waals surface area (Å²) in [5.41, 5.74) is 5.12. The van der Waals surface area contributed by atoms with Gasteiger partial charge in [0.1, 0.15) is 11.4 Å². The van der Waals surface area contributed by atoms with Crippen LogP contribution < -0.4 is 0 Å². The van der Waals surface area contributed by atoms with E-state index in [1.54, 1.807) is 11.2 Å². The van der Waals surface area contributed by atoms with Crippen LogP contribution in [-0.2, 0) is 23.5 Å². The quantitative estimate of drug-likeness (QED) is 0.636. The van der Waals surface area contributed by atoms with Gasteiger partial charge in [-0.1, -0.05) is 5.16 Å². The van der Waals surface area contributed by atoms with Crippen molar-refractivity contribution in [2.45, 2.75) is 40.0 Å². The van der Waals surface area contributed by atoms with Gasteiger partial charge in [-0.25, -0.2) is 17.7 Å². The Balaban J connectivity index is 1.59. The SMILES string of the molecule is CCS(=O)(=O)N1CCC(Cc2cn(C)c3ncc(-c4c(C)noc4C)cc23)CC1. The van der Waals surface area contributed by atoms with Crippen molar-refractivity contribution in [3.8, 4) is 11.1 Å². The lowest BCUT2D eigenvalue weighted by atomic mass is 9.91. The first-order valence-corrected chi connectivity index (χ1v) is 11.8. The van der Waals surface area contributed by atoms with Crippen LogP contribution in [0.4, 0.5) is 0 Å². The molecule has 4 rings (SSSR count). The van der Waals surface area contributed by atoms with Gasteiger partial charge in [0.15, 0.2) is 0 Å². The second kappa shape index (κ2) is 7.57. The van der Waals surface area contributed by atoms with Gasteiger partial charge in [-0.2, -0.15) is 0 Å². The predicted molar refractivity (Wildman–Crippen MR) is 113 cm³/mol. The number of fused-ring (bicyclic) bond motifs is 1. The topological polar surface area (TPSA) is 81.2 Å². The standard InChI is InChI=1S/C21H28N4O3S/c1-5-29(26,27)25-8-6-16(7-9-25)10-18-13-24(4)21-19(18)11-17(12-22-21)20-14(2)23-28-15(20)3/h11-13,16H,5-10H2,1-4H3. The Morgan fingerprint density at radius 1 is 1.24 bits per heavy atom. The lowest BCUT2D eigenvalue weighted by Crippen LogP contribution is -2.39. The minimum atomic E-state index is -3.08. The van der Waals surface area contributed by atoms with Gasteiger partial charge >= 0.3 is 0 Å². The maximum atomic E-state index is 12.1. The zero-order valence-corrected chi connectivity index (χ0v) is 18.3. The second-order valence-corrected chi connectivity index (χ2v) is 10.3. The molecule has 0 unspecified atom stereocenters. The molecule has 1 saturated heterocycles. The van der Waals surface area contributed by atoms with Gasteiger partial charge in [-0.05, 0) is 57.6 Å². The van der Waals surface area contributed by atoms with Crippen molar-refractivity contribution in [1.82, 2.24) is 19.0 Å². The summed E-state index contributed by atoms with van der Waals surface area (Å²) in [7, 11) is -1.06.